The minimum atomic E-state index is -0.589. The Balaban J connectivity index is 2.37. The number of halogens is 1. The first-order valence-electron chi connectivity index (χ1n) is 5.19. The first-order chi connectivity index (χ1) is 8.61. The lowest BCUT2D eigenvalue weighted by Crippen LogP contribution is -2.01. The second-order valence-corrected chi connectivity index (χ2v) is 3.62. The lowest BCUT2D eigenvalue weighted by molar-refractivity contribution is 0.276. The molecule has 0 aliphatic carbocycles. The van der Waals surface area contributed by atoms with Crippen molar-refractivity contribution in [2.75, 3.05) is 11.5 Å². The largest absolute Gasteiger partial charge is 0.454 e. The number of hydrogen-bond donors (Lipinski definition) is 3. The molecule has 0 aliphatic heterocycles. The Labute approximate surface area is 103 Å². The second-order valence-electron chi connectivity index (χ2n) is 3.62. The standard InChI is InChI=1S/C12H12FN3O2/c13-9-5-7(14)1-2-11(9)18-10-3-4-16-12(15)8(10)6-17/h1-5,17H,6,14H2,(H2,15,16). The summed E-state index contributed by atoms with van der Waals surface area (Å²) in [4.78, 5) is 3.81. The molecule has 1 heterocycles. The summed E-state index contributed by atoms with van der Waals surface area (Å²) in [5, 5.41) is 9.18. The molecule has 1 aromatic heterocycles. The van der Waals surface area contributed by atoms with Gasteiger partial charge in [0.2, 0.25) is 0 Å². The number of aliphatic hydroxyl groups is 1. The Hall–Kier alpha value is -2.34. The third-order valence-electron chi connectivity index (χ3n) is 2.38. The number of nitrogen functional groups attached to an aromatic ring is 2. The first kappa shape index (κ1) is 12.1. The van der Waals surface area contributed by atoms with Crippen LogP contribution in [0.15, 0.2) is 30.5 Å². The van der Waals surface area contributed by atoms with Crippen molar-refractivity contribution in [2.45, 2.75) is 6.61 Å². The van der Waals surface area contributed by atoms with Crippen LogP contribution in [0, 0.1) is 5.82 Å². The van der Waals surface area contributed by atoms with Gasteiger partial charge in [-0.25, -0.2) is 9.37 Å². The van der Waals surface area contributed by atoms with Crippen molar-refractivity contribution in [3.63, 3.8) is 0 Å². The van der Waals surface area contributed by atoms with Gasteiger partial charge in [0.15, 0.2) is 11.6 Å². The molecule has 0 amide bonds. The highest BCUT2D eigenvalue weighted by Crippen LogP contribution is 2.30. The Morgan fingerprint density at radius 3 is 2.67 bits per heavy atom. The van der Waals surface area contributed by atoms with Gasteiger partial charge in [-0.3, -0.25) is 0 Å². The smallest absolute Gasteiger partial charge is 0.167 e. The van der Waals surface area contributed by atoms with E-state index in [4.69, 9.17) is 16.2 Å². The molecule has 94 valence electrons. The maximum absolute atomic E-state index is 13.6. The fourth-order valence-electron chi connectivity index (χ4n) is 1.46. The van der Waals surface area contributed by atoms with Gasteiger partial charge >= 0.3 is 0 Å². The number of aliphatic hydroxyl groups excluding tert-OH is 1. The summed E-state index contributed by atoms with van der Waals surface area (Å²) in [7, 11) is 0. The molecule has 0 atom stereocenters. The summed E-state index contributed by atoms with van der Waals surface area (Å²) in [5.41, 5.74) is 11.6. The summed E-state index contributed by atoms with van der Waals surface area (Å²) in [6, 6.07) is 5.57. The summed E-state index contributed by atoms with van der Waals surface area (Å²) in [5.74, 6) is -0.182. The Kier molecular flexibility index (Phi) is 3.29. The van der Waals surface area contributed by atoms with Crippen LogP contribution < -0.4 is 16.2 Å². The van der Waals surface area contributed by atoms with Gasteiger partial charge in [0.1, 0.15) is 11.6 Å². The molecule has 0 unspecified atom stereocenters. The summed E-state index contributed by atoms with van der Waals surface area (Å²) in [6.07, 6.45) is 1.42. The molecule has 6 heteroatoms. The van der Waals surface area contributed by atoms with Gasteiger partial charge in [-0.1, -0.05) is 0 Å². The van der Waals surface area contributed by atoms with Crippen LogP contribution in [0.4, 0.5) is 15.9 Å². The van der Waals surface area contributed by atoms with Crippen LogP contribution in [0.1, 0.15) is 5.56 Å². The van der Waals surface area contributed by atoms with E-state index in [1.54, 1.807) is 0 Å². The quantitative estimate of drug-likeness (QED) is 0.719. The van der Waals surface area contributed by atoms with Crippen LogP contribution in [-0.2, 0) is 6.61 Å². The van der Waals surface area contributed by atoms with Crippen molar-refractivity contribution in [1.29, 1.82) is 0 Å². The van der Waals surface area contributed by atoms with Gasteiger partial charge in [0, 0.05) is 18.0 Å². The lowest BCUT2D eigenvalue weighted by atomic mass is 10.2. The number of benzene rings is 1. The highest BCUT2D eigenvalue weighted by atomic mass is 19.1. The molecule has 0 saturated heterocycles. The van der Waals surface area contributed by atoms with Crippen molar-refractivity contribution >= 4 is 11.5 Å². The highest BCUT2D eigenvalue weighted by molar-refractivity contribution is 5.50. The van der Waals surface area contributed by atoms with Crippen LogP contribution in [0.5, 0.6) is 11.5 Å². The molecule has 0 fully saturated rings. The summed E-state index contributed by atoms with van der Waals surface area (Å²) < 4.78 is 18.9. The van der Waals surface area contributed by atoms with Gasteiger partial charge in [0.25, 0.3) is 0 Å². The monoisotopic (exact) mass is 249 g/mol. The molecule has 1 aromatic carbocycles. The maximum Gasteiger partial charge on any atom is 0.167 e. The second kappa shape index (κ2) is 4.89. The van der Waals surface area contributed by atoms with Crippen LogP contribution in [0.25, 0.3) is 0 Å². The minimum Gasteiger partial charge on any atom is -0.454 e. The summed E-state index contributed by atoms with van der Waals surface area (Å²) >= 11 is 0. The van der Waals surface area contributed by atoms with Crippen molar-refractivity contribution in [2.24, 2.45) is 0 Å². The van der Waals surface area contributed by atoms with Crippen molar-refractivity contribution in [1.82, 2.24) is 4.98 Å². The van der Waals surface area contributed by atoms with Crippen LogP contribution in [0.3, 0.4) is 0 Å². The number of rotatable bonds is 3. The van der Waals surface area contributed by atoms with Gasteiger partial charge in [0.05, 0.1) is 12.2 Å². The van der Waals surface area contributed by atoms with E-state index >= 15 is 0 Å². The lowest BCUT2D eigenvalue weighted by Gasteiger charge is -2.11. The van der Waals surface area contributed by atoms with E-state index < -0.39 is 5.82 Å². The van der Waals surface area contributed by atoms with E-state index in [-0.39, 0.29) is 23.9 Å². The third-order valence-corrected chi connectivity index (χ3v) is 2.38. The number of pyridine rings is 1. The number of nitrogens with two attached hydrogens (primary N) is 2. The Morgan fingerprint density at radius 1 is 1.22 bits per heavy atom. The van der Waals surface area contributed by atoms with E-state index in [9.17, 15) is 9.50 Å². The van der Waals surface area contributed by atoms with Crippen molar-refractivity contribution in [3.05, 3.63) is 41.8 Å². The average Bonchev–Trinajstić information content (AvgIpc) is 2.33. The van der Waals surface area contributed by atoms with Crippen LogP contribution in [0.2, 0.25) is 0 Å². The van der Waals surface area contributed by atoms with Gasteiger partial charge in [-0.15, -0.1) is 0 Å². The summed E-state index contributed by atoms with van der Waals surface area (Å²) in [6.45, 7) is -0.342. The van der Waals surface area contributed by atoms with Crippen LogP contribution >= 0.6 is 0 Å². The molecule has 5 N–H and O–H groups in total. The topological polar surface area (TPSA) is 94.4 Å². The number of nitrogens with zero attached hydrogens (tertiary/aromatic N) is 1. The van der Waals surface area contributed by atoms with E-state index in [1.165, 1.54) is 24.4 Å². The third kappa shape index (κ3) is 2.33. The number of ether oxygens (including phenoxy) is 1. The van der Waals surface area contributed by atoms with E-state index in [1.807, 2.05) is 0 Å². The van der Waals surface area contributed by atoms with E-state index in [0.717, 1.165) is 6.07 Å². The Morgan fingerprint density at radius 2 is 2.00 bits per heavy atom. The normalized spacial score (nSPS) is 10.3. The molecule has 0 aliphatic rings. The van der Waals surface area contributed by atoms with E-state index in [0.29, 0.717) is 11.3 Å². The minimum absolute atomic E-state index is 0.00417. The zero-order chi connectivity index (χ0) is 13.1. The number of hydrogen-bond acceptors (Lipinski definition) is 5. The first-order valence-corrected chi connectivity index (χ1v) is 5.19. The molecule has 2 aromatic rings. The molecule has 2 rings (SSSR count). The molecule has 0 radical (unpaired) electrons. The SMILES string of the molecule is Nc1ccc(Oc2ccnc(N)c2CO)c(F)c1. The zero-order valence-corrected chi connectivity index (χ0v) is 9.43. The fourth-order valence-corrected chi connectivity index (χ4v) is 1.46. The highest BCUT2D eigenvalue weighted by Gasteiger charge is 2.11. The molecule has 0 saturated carbocycles. The number of anilines is 2. The van der Waals surface area contributed by atoms with E-state index in [2.05, 4.69) is 4.98 Å². The predicted molar refractivity (Wildman–Crippen MR) is 65.5 cm³/mol. The van der Waals surface area contributed by atoms with Gasteiger partial charge in [-0.05, 0) is 18.2 Å². The Bertz CT molecular complexity index is 575. The van der Waals surface area contributed by atoms with Crippen LogP contribution in [-0.4, -0.2) is 10.1 Å². The fraction of sp³-hybridized carbons (Fsp3) is 0.0833. The zero-order valence-electron chi connectivity index (χ0n) is 9.43. The van der Waals surface area contributed by atoms with Gasteiger partial charge < -0.3 is 21.3 Å². The van der Waals surface area contributed by atoms with Crippen molar-refractivity contribution < 1.29 is 14.2 Å². The molecule has 18 heavy (non-hydrogen) atoms. The predicted octanol–water partition coefficient (Wildman–Crippen LogP) is 1.67. The number of aromatic nitrogens is 1. The molecule has 5 nitrogen and oxygen atoms in total. The average molecular weight is 249 g/mol. The van der Waals surface area contributed by atoms with Crippen molar-refractivity contribution in [3.8, 4) is 11.5 Å². The molecular weight excluding hydrogens is 237 g/mol. The molecule has 0 bridgehead atoms. The maximum atomic E-state index is 13.6. The van der Waals surface area contributed by atoms with Gasteiger partial charge in [-0.2, -0.15) is 0 Å². The molecule has 0 spiro atoms. The molecular formula is C12H12FN3O2.